The second kappa shape index (κ2) is 11.0. The van der Waals surface area contributed by atoms with E-state index in [1.807, 2.05) is 55.5 Å². The fourth-order valence-electron chi connectivity index (χ4n) is 4.10. The van der Waals surface area contributed by atoms with E-state index in [0.717, 1.165) is 17.5 Å². The number of hydrogen-bond donors (Lipinski definition) is 1. The maximum Gasteiger partial charge on any atom is 0.251 e. The molecule has 1 N–H and O–H groups in total. The summed E-state index contributed by atoms with van der Waals surface area (Å²) in [4.78, 5) is 29.1. The van der Waals surface area contributed by atoms with Crippen LogP contribution in [0.4, 0.5) is 5.69 Å². The molecule has 0 aliphatic heterocycles. The van der Waals surface area contributed by atoms with E-state index in [-0.39, 0.29) is 18.4 Å². The van der Waals surface area contributed by atoms with E-state index in [9.17, 15) is 9.59 Å². The van der Waals surface area contributed by atoms with E-state index < -0.39 is 6.04 Å². The fourth-order valence-corrected chi connectivity index (χ4v) is 4.10. The zero-order valence-corrected chi connectivity index (χ0v) is 20.3. The topological polar surface area (TPSA) is 93.3 Å². The first-order valence-corrected chi connectivity index (χ1v) is 12.0. The van der Waals surface area contributed by atoms with E-state index in [4.69, 9.17) is 4.42 Å². The van der Waals surface area contributed by atoms with Crippen LogP contribution in [0.2, 0.25) is 0 Å². The Morgan fingerprint density at radius 3 is 2.57 bits per heavy atom. The van der Waals surface area contributed by atoms with Gasteiger partial charge in [0.05, 0.1) is 11.8 Å². The van der Waals surface area contributed by atoms with Gasteiger partial charge in [-0.3, -0.25) is 14.5 Å². The number of nitrogens with zero attached hydrogens (tertiary/aromatic N) is 4. The van der Waals surface area contributed by atoms with Crippen molar-refractivity contribution in [3.05, 3.63) is 78.3 Å². The Balaban J connectivity index is 1.75. The molecule has 0 aliphatic rings. The molecule has 182 valence electrons. The van der Waals surface area contributed by atoms with Gasteiger partial charge in [0.25, 0.3) is 5.91 Å². The van der Waals surface area contributed by atoms with E-state index >= 15 is 0 Å². The van der Waals surface area contributed by atoms with Crippen LogP contribution in [-0.4, -0.2) is 33.4 Å². The molecule has 8 nitrogen and oxygen atoms in total. The molecular weight excluding hydrogens is 442 g/mol. The minimum Gasteiger partial charge on any atom is -0.467 e. The third kappa shape index (κ3) is 5.42. The number of aryl methyl sites for hydroxylation is 1. The zero-order chi connectivity index (χ0) is 24.8. The summed E-state index contributed by atoms with van der Waals surface area (Å²) in [6.07, 6.45) is 3.05. The van der Waals surface area contributed by atoms with Crippen LogP contribution in [0.25, 0.3) is 11.0 Å². The molecule has 2 aromatic carbocycles. The monoisotopic (exact) mass is 473 g/mol. The van der Waals surface area contributed by atoms with Crippen molar-refractivity contribution in [2.75, 3.05) is 11.4 Å². The van der Waals surface area contributed by atoms with Crippen molar-refractivity contribution in [2.24, 2.45) is 5.92 Å². The molecule has 2 aromatic heterocycles. The average Bonchev–Trinajstić information content (AvgIpc) is 3.53. The molecule has 2 amide bonds. The van der Waals surface area contributed by atoms with Crippen molar-refractivity contribution < 1.29 is 14.0 Å². The number of nitrogens with one attached hydrogen (secondary N) is 1. The highest BCUT2D eigenvalue weighted by atomic mass is 16.3. The van der Waals surface area contributed by atoms with Crippen molar-refractivity contribution in [3.63, 3.8) is 0 Å². The third-order valence-electron chi connectivity index (χ3n) is 5.95. The van der Waals surface area contributed by atoms with Crippen LogP contribution in [0, 0.1) is 5.92 Å². The molecule has 0 saturated heterocycles. The lowest BCUT2D eigenvalue weighted by atomic mass is 10.0. The van der Waals surface area contributed by atoms with E-state index in [0.29, 0.717) is 35.8 Å². The Hall–Kier alpha value is -3.94. The quantitative estimate of drug-likeness (QED) is 0.365. The average molecular weight is 474 g/mol. The summed E-state index contributed by atoms with van der Waals surface area (Å²) in [6, 6.07) is 17.6. The Kier molecular flexibility index (Phi) is 7.60. The van der Waals surface area contributed by atoms with Gasteiger partial charge in [0.15, 0.2) is 6.04 Å². The lowest BCUT2D eigenvalue weighted by Gasteiger charge is -2.31. The van der Waals surface area contributed by atoms with Gasteiger partial charge in [-0.25, -0.2) is 4.68 Å². The smallest absolute Gasteiger partial charge is 0.251 e. The fraction of sp³-hybridized carbons (Fsp3) is 0.333. The highest BCUT2D eigenvalue weighted by molar-refractivity contribution is 6.01. The van der Waals surface area contributed by atoms with Crippen molar-refractivity contribution in [1.29, 1.82) is 0 Å². The molecule has 0 unspecified atom stereocenters. The number of anilines is 1. The van der Waals surface area contributed by atoms with Crippen LogP contribution in [0.5, 0.6) is 0 Å². The number of carbonyl (C=O) groups is 2. The van der Waals surface area contributed by atoms with Crippen LogP contribution < -0.4 is 10.2 Å². The Bertz CT molecular complexity index is 1280. The maximum absolute atomic E-state index is 14.0. The van der Waals surface area contributed by atoms with Crippen molar-refractivity contribution >= 4 is 28.5 Å². The normalized spacial score (nSPS) is 12.1. The number of benzene rings is 2. The molecule has 0 radical (unpaired) electrons. The lowest BCUT2D eigenvalue weighted by Crippen LogP contribution is -2.45. The summed E-state index contributed by atoms with van der Waals surface area (Å²) in [5, 5.41) is 11.4. The first kappa shape index (κ1) is 24.2. The van der Waals surface area contributed by atoms with Gasteiger partial charge in [-0.2, -0.15) is 0 Å². The van der Waals surface area contributed by atoms with Gasteiger partial charge in [-0.15, -0.1) is 5.10 Å². The van der Waals surface area contributed by atoms with Crippen molar-refractivity contribution in [2.45, 2.75) is 46.2 Å². The van der Waals surface area contributed by atoms with E-state index in [2.05, 4.69) is 29.5 Å². The van der Waals surface area contributed by atoms with Crippen LogP contribution in [-0.2, 0) is 22.6 Å². The summed E-state index contributed by atoms with van der Waals surface area (Å²) in [5.41, 5.74) is 3.08. The standard InChI is InChI=1S/C27H31N5O3/c1-4-20-10-5-7-12-22(20)32(25(33)18-31-23-13-8-6-11-21(23)29-30-31)26(24-14-9-17-35-24)27(34)28-16-15-19(2)3/h5-14,17,19,26H,4,15-16,18H2,1-3H3,(H,28,34)/t26-/m0/s1. The number of carbonyl (C=O) groups excluding carboxylic acids is 2. The second-order valence-corrected chi connectivity index (χ2v) is 8.87. The predicted molar refractivity (Wildman–Crippen MR) is 135 cm³/mol. The lowest BCUT2D eigenvalue weighted by molar-refractivity contribution is -0.127. The maximum atomic E-state index is 14.0. The molecule has 0 bridgehead atoms. The Morgan fingerprint density at radius 2 is 1.83 bits per heavy atom. The molecule has 4 aromatic rings. The number of furan rings is 1. The van der Waals surface area contributed by atoms with Gasteiger partial charge in [-0.05, 0) is 54.7 Å². The molecular formula is C27H31N5O3. The van der Waals surface area contributed by atoms with Gasteiger partial charge >= 0.3 is 0 Å². The molecule has 0 saturated carbocycles. The van der Waals surface area contributed by atoms with Gasteiger partial charge in [-0.1, -0.05) is 56.3 Å². The Morgan fingerprint density at radius 1 is 1.06 bits per heavy atom. The van der Waals surface area contributed by atoms with Gasteiger partial charge in [0.1, 0.15) is 17.8 Å². The van der Waals surface area contributed by atoms with E-state index in [1.54, 1.807) is 21.7 Å². The largest absolute Gasteiger partial charge is 0.467 e. The molecule has 1 atom stereocenters. The number of amides is 2. The molecule has 8 heteroatoms. The van der Waals surface area contributed by atoms with Crippen LogP contribution in [0.3, 0.4) is 0 Å². The van der Waals surface area contributed by atoms with Crippen LogP contribution in [0.1, 0.15) is 44.6 Å². The van der Waals surface area contributed by atoms with Crippen molar-refractivity contribution in [3.8, 4) is 0 Å². The molecule has 0 spiro atoms. The SMILES string of the molecule is CCc1ccccc1N(C(=O)Cn1nnc2ccccc21)[C@H](C(=O)NCCC(C)C)c1ccco1. The Labute approximate surface area is 204 Å². The van der Waals surface area contributed by atoms with Crippen LogP contribution in [0.15, 0.2) is 71.3 Å². The third-order valence-corrected chi connectivity index (χ3v) is 5.95. The number of aromatic nitrogens is 3. The molecule has 0 fully saturated rings. The van der Waals surface area contributed by atoms with Crippen molar-refractivity contribution in [1.82, 2.24) is 20.3 Å². The zero-order valence-electron chi connectivity index (χ0n) is 20.3. The summed E-state index contributed by atoms with van der Waals surface area (Å²) < 4.78 is 7.25. The first-order chi connectivity index (χ1) is 17.0. The highest BCUT2D eigenvalue weighted by Gasteiger charge is 2.36. The summed E-state index contributed by atoms with van der Waals surface area (Å²) in [6.45, 7) is 6.67. The number of hydrogen-bond acceptors (Lipinski definition) is 5. The number of rotatable bonds is 10. The van der Waals surface area contributed by atoms with Gasteiger partial charge in [0, 0.05) is 12.2 Å². The molecule has 0 aliphatic carbocycles. The summed E-state index contributed by atoms with van der Waals surface area (Å²) in [7, 11) is 0. The predicted octanol–water partition coefficient (Wildman–Crippen LogP) is 4.52. The molecule has 4 rings (SSSR count). The number of para-hydroxylation sites is 2. The van der Waals surface area contributed by atoms with E-state index in [1.165, 1.54) is 6.26 Å². The van der Waals surface area contributed by atoms with Gasteiger partial charge < -0.3 is 9.73 Å². The minimum absolute atomic E-state index is 0.0744. The number of fused-ring (bicyclic) bond motifs is 1. The summed E-state index contributed by atoms with van der Waals surface area (Å²) >= 11 is 0. The van der Waals surface area contributed by atoms with Crippen LogP contribution >= 0.6 is 0 Å². The summed E-state index contributed by atoms with van der Waals surface area (Å²) in [5.74, 6) is 0.261. The highest BCUT2D eigenvalue weighted by Crippen LogP contribution is 2.32. The first-order valence-electron chi connectivity index (χ1n) is 12.0. The minimum atomic E-state index is -0.966. The van der Waals surface area contributed by atoms with Gasteiger partial charge in [0.2, 0.25) is 5.91 Å². The second-order valence-electron chi connectivity index (χ2n) is 8.87. The molecule has 2 heterocycles. The molecule has 35 heavy (non-hydrogen) atoms.